The van der Waals surface area contributed by atoms with Crippen LogP contribution in [-0.4, -0.2) is 11.7 Å². The number of ether oxygens (including phenoxy) is 1. The van der Waals surface area contributed by atoms with Gasteiger partial charge in [-0.2, -0.15) is 0 Å². The van der Waals surface area contributed by atoms with Gasteiger partial charge in [0.15, 0.2) is 0 Å². The molecular weight excluding hydrogens is 188 g/mol. The van der Waals surface area contributed by atoms with E-state index in [9.17, 15) is 5.11 Å². The Morgan fingerprint density at radius 3 is 2.53 bits per heavy atom. The largest absolute Gasteiger partial charge is 0.493 e. The van der Waals surface area contributed by atoms with E-state index in [1.165, 1.54) is 0 Å². The molecule has 1 unspecified atom stereocenters. The van der Waals surface area contributed by atoms with Gasteiger partial charge >= 0.3 is 0 Å². The fourth-order valence-electron chi connectivity index (χ4n) is 1.81. The fourth-order valence-corrected chi connectivity index (χ4v) is 1.81. The molecule has 0 bridgehead atoms. The molecular formula is C13H20O2. The lowest BCUT2D eigenvalue weighted by molar-refractivity contribution is 0.0439. The molecule has 1 aromatic rings. The highest BCUT2D eigenvalue weighted by molar-refractivity contribution is 5.37. The standard InChI is InChI=1S/C13H20O2/c1-4-10-13(3,14)11-8-6-7-9-12(11)15-5-2/h6-9,14H,4-5,10H2,1-3H3. The van der Waals surface area contributed by atoms with Gasteiger partial charge in [-0.15, -0.1) is 0 Å². The van der Waals surface area contributed by atoms with Crippen LogP contribution in [0.15, 0.2) is 24.3 Å². The third kappa shape index (κ3) is 2.96. The van der Waals surface area contributed by atoms with Gasteiger partial charge in [-0.3, -0.25) is 0 Å². The minimum absolute atomic E-state index is 0.624. The Balaban J connectivity index is 3.00. The van der Waals surface area contributed by atoms with Crippen LogP contribution in [0.4, 0.5) is 0 Å². The van der Waals surface area contributed by atoms with E-state index < -0.39 is 5.60 Å². The van der Waals surface area contributed by atoms with Crippen molar-refractivity contribution in [1.29, 1.82) is 0 Å². The monoisotopic (exact) mass is 208 g/mol. The predicted molar refractivity (Wildman–Crippen MR) is 62.1 cm³/mol. The third-order valence-corrected chi connectivity index (χ3v) is 2.50. The molecule has 0 spiro atoms. The van der Waals surface area contributed by atoms with Crippen molar-refractivity contribution in [3.05, 3.63) is 29.8 Å². The normalized spacial score (nSPS) is 14.7. The molecule has 0 aliphatic carbocycles. The zero-order valence-electron chi connectivity index (χ0n) is 9.79. The average molecular weight is 208 g/mol. The summed E-state index contributed by atoms with van der Waals surface area (Å²) in [7, 11) is 0. The van der Waals surface area contributed by atoms with E-state index in [0.29, 0.717) is 6.61 Å². The molecule has 84 valence electrons. The first-order valence-electron chi connectivity index (χ1n) is 5.56. The highest BCUT2D eigenvalue weighted by Gasteiger charge is 2.25. The van der Waals surface area contributed by atoms with E-state index in [2.05, 4.69) is 6.92 Å². The van der Waals surface area contributed by atoms with Crippen molar-refractivity contribution < 1.29 is 9.84 Å². The van der Waals surface area contributed by atoms with Crippen molar-refractivity contribution in [3.8, 4) is 5.75 Å². The van der Waals surface area contributed by atoms with Crippen molar-refractivity contribution in [1.82, 2.24) is 0 Å². The maximum absolute atomic E-state index is 10.3. The van der Waals surface area contributed by atoms with Crippen LogP contribution in [0.5, 0.6) is 5.75 Å². The summed E-state index contributed by atoms with van der Waals surface area (Å²) < 4.78 is 5.51. The zero-order chi connectivity index (χ0) is 11.3. The summed E-state index contributed by atoms with van der Waals surface area (Å²) in [5.74, 6) is 0.790. The molecule has 1 rings (SSSR count). The Morgan fingerprint density at radius 1 is 1.27 bits per heavy atom. The molecule has 0 radical (unpaired) electrons. The zero-order valence-corrected chi connectivity index (χ0v) is 9.79. The molecule has 2 nitrogen and oxygen atoms in total. The fraction of sp³-hybridized carbons (Fsp3) is 0.538. The second-order valence-corrected chi connectivity index (χ2v) is 3.95. The van der Waals surface area contributed by atoms with Crippen LogP contribution in [0.1, 0.15) is 39.2 Å². The molecule has 0 amide bonds. The van der Waals surface area contributed by atoms with Crippen molar-refractivity contribution in [2.24, 2.45) is 0 Å². The number of rotatable bonds is 5. The number of para-hydroxylation sites is 1. The SMILES string of the molecule is CCCC(C)(O)c1ccccc1OCC. The van der Waals surface area contributed by atoms with E-state index in [1.54, 1.807) is 0 Å². The second-order valence-electron chi connectivity index (χ2n) is 3.95. The van der Waals surface area contributed by atoms with Gasteiger partial charge in [0.05, 0.1) is 12.2 Å². The van der Waals surface area contributed by atoms with Crippen LogP contribution < -0.4 is 4.74 Å². The van der Waals surface area contributed by atoms with Crippen LogP contribution in [0.25, 0.3) is 0 Å². The Bertz CT molecular complexity index is 305. The molecule has 15 heavy (non-hydrogen) atoms. The smallest absolute Gasteiger partial charge is 0.125 e. The molecule has 0 heterocycles. The maximum atomic E-state index is 10.3. The van der Waals surface area contributed by atoms with Crippen molar-refractivity contribution in [2.45, 2.75) is 39.2 Å². The molecule has 1 atom stereocenters. The summed E-state index contributed by atoms with van der Waals surface area (Å²) in [6, 6.07) is 7.70. The van der Waals surface area contributed by atoms with Gasteiger partial charge in [0.1, 0.15) is 5.75 Å². The summed E-state index contributed by atoms with van der Waals surface area (Å²) in [4.78, 5) is 0. The quantitative estimate of drug-likeness (QED) is 0.805. The Hall–Kier alpha value is -1.02. The van der Waals surface area contributed by atoms with Crippen LogP contribution in [0.3, 0.4) is 0 Å². The van der Waals surface area contributed by atoms with E-state index in [0.717, 1.165) is 24.2 Å². The van der Waals surface area contributed by atoms with Crippen molar-refractivity contribution in [2.75, 3.05) is 6.61 Å². The van der Waals surface area contributed by atoms with E-state index in [-0.39, 0.29) is 0 Å². The first-order chi connectivity index (χ1) is 7.11. The summed E-state index contributed by atoms with van der Waals surface area (Å²) in [5, 5.41) is 10.3. The molecule has 0 aliphatic rings. The molecule has 0 fully saturated rings. The van der Waals surface area contributed by atoms with Gasteiger partial charge in [-0.25, -0.2) is 0 Å². The first-order valence-corrected chi connectivity index (χ1v) is 5.56. The minimum Gasteiger partial charge on any atom is -0.493 e. The molecule has 1 N–H and O–H groups in total. The minimum atomic E-state index is -0.791. The number of hydrogen-bond donors (Lipinski definition) is 1. The summed E-state index contributed by atoms with van der Waals surface area (Å²) in [6.07, 6.45) is 1.70. The van der Waals surface area contributed by atoms with Gasteiger partial charge in [0.25, 0.3) is 0 Å². The van der Waals surface area contributed by atoms with Gasteiger partial charge in [-0.1, -0.05) is 31.5 Å². The first kappa shape index (κ1) is 12.1. The predicted octanol–water partition coefficient (Wildman–Crippen LogP) is 3.09. The second kappa shape index (κ2) is 5.17. The highest BCUT2D eigenvalue weighted by atomic mass is 16.5. The molecule has 1 aromatic carbocycles. The Kier molecular flexibility index (Phi) is 4.15. The van der Waals surface area contributed by atoms with Gasteiger partial charge < -0.3 is 9.84 Å². The average Bonchev–Trinajstić information content (AvgIpc) is 2.19. The molecule has 0 aromatic heterocycles. The topological polar surface area (TPSA) is 29.5 Å². The lowest BCUT2D eigenvalue weighted by atomic mass is 9.91. The van der Waals surface area contributed by atoms with E-state index in [1.807, 2.05) is 38.1 Å². The molecule has 0 aliphatic heterocycles. The molecule has 2 heteroatoms. The summed E-state index contributed by atoms with van der Waals surface area (Å²) >= 11 is 0. The van der Waals surface area contributed by atoms with E-state index in [4.69, 9.17) is 4.74 Å². The number of hydrogen-bond acceptors (Lipinski definition) is 2. The number of benzene rings is 1. The van der Waals surface area contributed by atoms with Crippen molar-refractivity contribution >= 4 is 0 Å². The van der Waals surface area contributed by atoms with Crippen LogP contribution >= 0.6 is 0 Å². The van der Waals surface area contributed by atoms with Crippen LogP contribution in [0.2, 0.25) is 0 Å². The summed E-state index contributed by atoms with van der Waals surface area (Å²) in [5.41, 5.74) is 0.0919. The molecule has 0 saturated carbocycles. The lowest BCUT2D eigenvalue weighted by Gasteiger charge is -2.25. The van der Waals surface area contributed by atoms with Crippen LogP contribution in [0, 0.1) is 0 Å². The molecule has 0 saturated heterocycles. The van der Waals surface area contributed by atoms with Gasteiger partial charge in [-0.05, 0) is 26.3 Å². The van der Waals surface area contributed by atoms with Crippen molar-refractivity contribution in [3.63, 3.8) is 0 Å². The van der Waals surface area contributed by atoms with E-state index >= 15 is 0 Å². The Labute approximate surface area is 91.9 Å². The summed E-state index contributed by atoms with van der Waals surface area (Å²) in [6.45, 7) is 6.48. The number of aliphatic hydroxyl groups is 1. The van der Waals surface area contributed by atoms with Crippen LogP contribution in [-0.2, 0) is 5.60 Å². The lowest BCUT2D eigenvalue weighted by Crippen LogP contribution is -2.21. The van der Waals surface area contributed by atoms with Gasteiger partial charge in [0.2, 0.25) is 0 Å². The van der Waals surface area contributed by atoms with Gasteiger partial charge in [0, 0.05) is 5.56 Å². The third-order valence-electron chi connectivity index (χ3n) is 2.50. The highest BCUT2D eigenvalue weighted by Crippen LogP contribution is 2.33. The maximum Gasteiger partial charge on any atom is 0.125 e. The Morgan fingerprint density at radius 2 is 1.93 bits per heavy atom.